The van der Waals surface area contributed by atoms with Crippen LogP contribution in [0.2, 0.25) is 0 Å². The number of nitrogens with two attached hydrogens (primary N) is 1. The highest BCUT2D eigenvalue weighted by Gasteiger charge is 2.25. The standard InChI is InChI=1S/C32H41N5O4/c1-22(26-12-7-10-23-9-5-6-11-27(23)26)34-30(39)28-21-25(15-13-24(28)14-16-29(38)35-33)36-17-8-18-37(20-19-36)31(40)41-32(2,3)4/h5-7,9-13,15,21-22H,8,14,16-20,33H2,1-4H3,(H,34,39)(H,35,38). The maximum absolute atomic E-state index is 13.8. The minimum absolute atomic E-state index is 0.170. The Morgan fingerprint density at radius 3 is 2.49 bits per heavy atom. The first-order valence-corrected chi connectivity index (χ1v) is 14.2. The molecule has 0 aliphatic carbocycles. The van der Waals surface area contributed by atoms with Gasteiger partial charge in [-0.25, -0.2) is 10.6 Å². The first-order valence-electron chi connectivity index (χ1n) is 14.2. The SMILES string of the molecule is CC(NC(=O)c1cc(N2CCCN(C(=O)OC(C)(C)C)CC2)ccc1CCC(=O)NN)c1cccc2ccccc12. The Morgan fingerprint density at radius 1 is 0.976 bits per heavy atom. The van der Waals surface area contributed by atoms with Crippen molar-refractivity contribution < 1.29 is 19.1 Å². The molecule has 4 N–H and O–H groups in total. The number of fused-ring (bicyclic) bond motifs is 1. The number of amides is 3. The van der Waals surface area contributed by atoms with Crippen LogP contribution in [0.25, 0.3) is 10.8 Å². The van der Waals surface area contributed by atoms with Crippen LogP contribution in [0.5, 0.6) is 0 Å². The van der Waals surface area contributed by atoms with Crippen molar-refractivity contribution in [2.45, 2.75) is 58.6 Å². The van der Waals surface area contributed by atoms with E-state index in [-0.39, 0.29) is 30.4 Å². The third kappa shape index (κ3) is 7.76. The topological polar surface area (TPSA) is 117 Å². The zero-order valence-corrected chi connectivity index (χ0v) is 24.4. The number of hydrogen-bond donors (Lipinski definition) is 3. The molecule has 3 amide bonds. The Morgan fingerprint density at radius 2 is 1.73 bits per heavy atom. The summed E-state index contributed by atoms with van der Waals surface area (Å²) < 4.78 is 5.57. The average molecular weight is 560 g/mol. The van der Waals surface area contributed by atoms with E-state index in [2.05, 4.69) is 33.8 Å². The third-order valence-electron chi connectivity index (χ3n) is 7.27. The first kappa shape index (κ1) is 29.9. The Hall–Kier alpha value is -4.11. The van der Waals surface area contributed by atoms with E-state index < -0.39 is 5.60 Å². The highest BCUT2D eigenvalue weighted by molar-refractivity contribution is 5.97. The maximum atomic E-state index is 13.8. The van der Waals surface area contributed by atoms with Crippen molar-refractivity contribution in [3.05, 3.63) is 77.4 Å². The van der Waals surface area contributed by atoms with Gasteiger partial charge in [0.2, 0.25) is 5.91 Å². The number of carbonyl (C=O) groups is 3. The Bertz CT molecular complexity index is 1400. The van der Waals surface area contributed by atoms with E-state index in [1.807, 2.05) is 70.2 Å². The third-order valence-corrected chi connectivity index (χ3v) is 7.27. The summed E-state index contributed by atoms with van der Waals surface area (Å²) in [5, 5.41) is 5.39. The normalized spacial score (nSPS) is 14.8. The summed E-state index contributed by atoms with van der Waals surface area (Å²) in [4.78, 5) is 42.2. The molecule has 1 fully saturated rings. The number of aryl methyl sites for hydroxylation is 1. The molecule has 0 saturated carbocycles. The molecule has 1 unspecified atom stereocenters. The smallest absolute Gasteiger partial charge is 0.410 e. The number of rotatable bonds is 7. The lowest BCUT2D eigenvalue weighted by Crippen LogP contribution is -2.39. The average Bonchev–Trinajstić information content (AvgIpc) is 3.21. The lowest BCUT2D eigenvalue weighted by atomic mass is 9.98. The number of nitrogens with one attached hydrogen (secondary N) is 2. The Balaban J connectivity index is 1.56. The molecule has 1 aliphatic heterocycles. The van der Waals surface area contributed by atoms with Crippen molar-refractivity contribution in [1.29, 1.82) is 0 Å². The van der Waals surface area contributed by atoms with Crippen LogP contribution in [0.4, 0.5) is 10.5 Å². The maximum Gasteiger partial charge on any atom is 0.410 e. The molecule has 41 heavy (non-hydrogen) atoms. The zero-order valence-electron chi connectivity index (χ0n) is 24.4. The lowest BCUT2D eigenvalue weighted by molar-refractivity contribution is -0.121. The van der Waals surface area contributed by atoms with Crippen molar-refractivity contribution in [3.8, 4) is 0 Å². The second-order valence-corrected chi connectivity index (χ2v) is 11.5. The summed E-state index contributed by atoms with van der Waals surface area (Å²) >= 11 is 0. The van der Waals surface area contributed by atoms with Crippen molar-refractivity contribution in [3.63, 3.8) is 0 Å². The summed E-state index contributed by atoms with van der Waals surface area (Å²) in [6.07, 6.45) is 1.01. The van der Waals surface area contributed by atoms with E-state index >= 15 is 0 Å². The summed E-state index contributed by atoms with van der Waals surface area (Å²) in [7, 11) is 0. The molecule has 9 nitrogen and oxygen atoms in total. The predicted octanol–water partition coefficient (Wildman–Crippen LogP) is 4.70. The van der Waals surface area contributed by atoms with Gasteiger partial charge in [-0.15, -0.1) is 0 Å². The van der Waals surface area contributed by atoms with Crippen LogP contribution in [-0.2, 0) is 16.0 Å². The fraction of sp³-hybridized carbons (Fsp3) is 0.406. The molecule has 0 spiro atoms. The molecular formula is C32H41N5O4. The van der Waals surface area contributed by atoms with Crippen molar-refractivity contribution in [2.24, 2.45) is 5.84 Å². The number of carbonyl (C=O) groups excluding carboxylic acids is 3. The largest absolute Gasteiger partial charge is 0.444 e. The molecule has 218 valence electrons. The van der Waals surface area contributed by atoms with Gasteiger partial charge < -0.3 is 19.9 Å². The van der Waals surface area contributed by atoms with E-state index in [0.29, 0.717) is 31.6 Å². The van der Waals surface area contributed by atoms with E-state index in [4.69, 9.17) is 10.6 Å². The Kier molecular flexibility index (Phi) is 9.50. The van der Waals surface area contributed by atoms with Gasteiger partial charge in [-0.3, -0.25) is 15.0 Å². The molecule has 1 heterocycles. The second kappa shape index (κ2) is 13.0. The van der Waals surface area contributed by atoms with Gasteiger partial charge in [0.15, 0.2) is 0 Å². The second-order valence-electron chi connectivity index (χ2n) is 11.5. The molecule has 0 radical (unpaired) electrons. The highest BCUT2D eigenvalue weighted by Crippen LogP contribution is 2.27. The molecule has 0 bridgehead atoms. The van der Waals surface area contributed by atoms with Crippen LogP contribution in [0.1, 0.15) is 68.1 Å². The van der Waals surface area contributed by atoms with Crippen molar-refractivity contribution in [1.82, 2.24) is 15.6 Å². The predicted molar refractivity (Wildman–Crippen MR) is 162 cm³/mol. The summed E-state index contributed by atoms with van der Waals surface area (Å²) in [6, 6.07) is 19.7. The molecule has 0 aromatic heterocycles. The molecule has 1 atom stereocenters. The van der Waals surface area contributed by atoms with Crippen LogP contribution in [-0.4, -0.2) is 54.6 Å². The van der Waals surface area contributed by atoms with Crippen molar-refractivity contribution >= 4 is 34.4 Å². The minimum atomic E-state index is -0.550. The van der Waals surface area contributed by atoms with Gasteiger partial charge in [0.1, 0.15) is 5.60 Å². The summed E-state index contributed by atoms with van der Waals surface area (Å²) in [5.74, 6) is 4.79. The number of anilines is 1. The fourth-order valence-corrected chi connectivity index (χ4v) is 5.18. The fourth-order valence-electron chi connectivity index (χ4n) is 5.18. The van der Waals surface area contributed by atoms with Crippen LogP contribution >= 0.6 is 0 Å². The molecule has 4 rings (SSSR count). The number of benzene rings is 3. The van der Waals surface area contributed by atoms with E-state index in [0.717, 1.165) is 40.6 Å². The van der Waals surface area contributed by atoms with Gasteiger partial charge in [0, 0.05) is 43.9 Å². The van der Waals surface area contributed by atoms with Gasteiger partial charge in [0.25, 0.3) is 5.91 Å². The molecule has 9 heteroatoms. The van der Waals surface area contributed by atoms with E-state index in [1.165, 1.54) is 0 Å². The first-order chi connectivity index (χ1) is 19.6. The number of hydrazine groups is 1. The van der Waals surface area contributed by atoms with Crippen LogP contribution in [0.3, 0.4) is 0 Å². The van der Waals surface area contributed by atoms with Gasteiger partial charge in [-0.1, -0.05) is 48.5 Å². The van der Waals surface area contributed by atoms with E-state index in [1.54, 1.807) is 4.90 Å². The van der Waals surface area contributed by atoms with Gasteiger partial charge in [-0.2, -0.15) is 0 Å². The Labute approximate surface area is 242 Å². The molecule has 3 aromatic rings. The molecule has 1 saturated heterocycles. The summed E-state index contributed by atoms with van der Waals surface area (Å²) in [6.45, 7) is 10.0. The number of hydrogen-bond acceptors (Lipinski definition) is 6. The van der Waals surface area contributed by atoms with E-state index in [9.17, 15) is 14.4 Å². The molecule has 3 aromatic carbocycles. The monoisotopic (exact) mass is 559 g/mol. The number of ether oxygens (including phenoxy) is 1. The highest BCUT2D eigenvalue weighted by atomic mass is 16.6. The minimum Gasteiger partial charge on any atom is -0.444 e. The van der Waals surface area contributed by atoms with Gasteiger partial charge >= 0.3 is 6.09 Å². The van der Waals surface area contributed by atoms with Crippen molar-refractivity contribution in [2.75, 3.05) is 31.1 Å². The lowest BCUT2D eigenvalue weighted by Gasteiger charge is -2.27. The quantitative estimate of drug-likeness (QED) is 0.220. The van der Waals surface area contributed by atoms with Crippen LogP contribution < -0.4 is 21.5 Å². The van der Waals surface area contributed by atoms with Gasteiger partial charge in [0.05, 0.1) is 6.04 Å². The number of nitrogens with zero attached hydrogens (tertiary/aromatic N) is 2. The van der Waals surface area contributed by atoms with Crippen LogP contribution in [0.15, 0.2) is 60.7 Å². The zero-order chi connectivity index (χ0) is 29.6. The van der Waals surface area contributed by atoms with Crippen LogP contribution in [0, 0.1) is 0 Å². The summed E-state index contributed by atoms with van der Waals surface area (Å²) in [5.41, 5.74) is 4.83. The molecule has 1 aliphatic rings. The van der Waals surface area contributed by atoms with Gasteiger partial charge in [-0.05, 0) is 74.6 Å². The molecular weight excluding hydrogens is 518 g/mol.